The highest BCUT2D eigenvalue weighted by Crippen LogP contribution is 2.44. The monoisotopic (exact) mass is 250 g/mol. The lowest BCUT2D eigenvalue weighted by Gasteiger charge is -2.19. The summed E-state index contributed by atoms with van der Waals surface area (Å²) in [5.74, 6) is 0.624. The van der Waals surface area contributed by atoms with Crippen molar-refractivity contribution in [1.82, 2.24) is 0 Å². The Morgan fingerprint density at radius 2 is 1.94 bits per heavy atom. The van der Waals surface area contributed by atoms with Gasteiger partial charge in [0.1, 0.15) is 0 Å². The van der Waals surface area contributed by atoms with Crippen molar-refractivity contribution in [2.75, 3.05) is 12.8 Å². The molecule has 3 nitrogen and oxygen atoms in total. The standard InChI is InChI=1S/C12H27O3P/c1-5-7-8-12(6-2)9-15-16(13,14)10-11(3)4/h11-12H,5-10H2,1-4H3,(H,13,14). The van der Waals surface area contributed by atoms with Crippen LogP contribution < -0.4 is 0 Å². The summed E-state index contributed by atoms with van der Waals surface area (Å²) in [4.78, 5) is 9.59. The van der Waals surface area contributed by atoms with E-state index in [0.29, 0.717) is 12.5 Å². The molecule has 0 aliphatic rings. The Morgan fingerprint density at radius 3 is 2.38 bits per heavy atom. The highest BCUT2D eigenvalue weighted by Gasteiger charge is 2.22. The molecule has 0 heterocycles. The van der Waals surface area contributed by atoms with Crippen LogP contribution in [0.5, 0.6) is 0 Å². The average Bonchev–Trinajstić information content (AvgIpc) is 2.16. The molecule has 0 amide bonds. The molecule has 4 heteroatoms. The fraction of sp³-hybridized carbons (Fsp3) is 1.00. The van der Waals surface area contributed by atoms with E-state index < -0.39 is 7.60 Å². The minimum absolute atomic E-state index is 0.201. The van der Waals surface area contributed by atoms with E-state index in [0.717, 1.165) is 12.8 Å². The van der Waals surface area contributed by atoms with E-state index in [1.54, 1.807) is 0 Å². The van der Waals surface area contributed by atoms with Crippen LogP contribution in [0.2, 0.25) is 0 Å². The van der Waals surface area contributed by atoms with E-state index >= 15 is 0 Å². The van der Waals surface area contributed by atoms with Gasteiger partial charge in [0.15, 0.2) is 0 Å². The average molecular weight is 250 g/mol. The Morgan fingerprint density at radius 1 is 1.31 bits per heavy atom. The molecule has 0 bridgehead atoms. The van der Waals surface area contributed by atoms with Crippen LogP contribution in [-0.4, -0.2) is 17.7 Å². The van der Waals surface area contributed by atoms with Crippen LogP contribution >= 0.6 is 7.60 Å². The van der Waals surface area contributed by atoms with Crippen LogP contribution in [0.1, 0.15) is 53.4 Å². The van der Waals surface area contributed by atoms with Crippen molar-refractivity contribution in [3.05, 3.63) is 0 Å². The zero-order valence-corrected chi connectivity index (χ0v) is 12.0. The first-order chi connectivity index (χ1) is 7.41. The molecule has 16 heavy (non-hydrogen) atoms. The van der Waals surface area contributed by atoms with Gasteiger partial charge >= 0.3 is 7.60 Å². The van der Waals surface area contributed by atoms with Crippen LogP contribution in [0.4, 0.5) is 0 Å². The van der Waals surface area contributed by atoms with Crippen molar-refractivity contribution in [1.29, 1.82) is 0 Å². The van der Waals surface area contributed by atoms with Crippen LogP contribution in [0.3, 0.4) is 0 Å². The third kappa shape index (κ3) is 8.32. The predicted octanol–water partition coefficient (Wildman–Crippen LogP) is 4.06. The fourth-order valence-electron chi connectivity index (χ4n) is 1.63. The summed E-state index contributed by atoms with van der Waals surface area (Å²) in [6.07, 6.45) is 4.70. The molecule has 0 aliphatic carbocycles. The maximum atomic E-state index is 11.7. The van der Waals surface area contributed by atoms with Gasteiger partial charge in [0, 0.05) is 0 Å². The number of rotatable bonds is 9. The highest BCUT2D eigenvalue weighted by molar-refractivity contribution is 7.52. The second-order valence-corrected chi connectivity index (χ2v) is 6.82. The molecule has 0 aromatic rings. The summed E-state index contributed by atoms with van der Waals surface area (Å²) in [6.45, 7) is 8.55. The minimum Gasteiger partial charge on any atom is -0.324 e. The van der Waals surface area contributed by atoms with Crippen molar-refractivity contribution < 1.29 is 14.0 Å². The third-order valence-corrected chi connectivity index (χ3v) is 4.40. The molecule has 0 saturated carbocycles. The summed E-state index contributed by atoms with van der Waals surface area (Å²) in [7, 11) is -3.35. The maximum absolute atomic E-state index is 11.7. The van der Waals surface area contributed by atoms with Crippen molar-refractivity contribution in [3.8, 4) is 0 Å². The van der Waals surface area contributed by atoms with Gasteiger partial charge in [-0.05, 0) is 18.3 Å². The maximum Gasteiger partial charge on any atom is 0.328 e. The predicted molar refractivity (Wildman–Crippen MR) is 68.8 cm³/mol. The Balaban J connectivity index is 3.94. The van der Waals surface area contributed by atoms with Gasteiger partial charge in [-0.3, -0.25) is 4.57 Å². The normalized spacial score (nSPS) is 17.4. The second kappa shape index (κ2) is 8.27. The first kappa shape index (κ1) is 16.1. The molecule has 0 fully saturated rings. The molecule has 0 aromatic heterocycles. The molecule has 0 radical (unpaired) electrons. The lowest BCUT2D eigenvalue weighted by atomic mass is 10.0. The van der Waals surface area contributed by atoms with E-state index in [-0.39, 0.29) is 12.1 Å². The fourth-order valence-corrected chi connectivity index (χ4v) is 3.11. The summed E-state index contributed by atoms with van der Waals surface area (Å²) in [6, 6.07) is 0. The van der Waals surface area contributed by atoms with Crippen molar-refractivity contribution in [3.63, 3.8) is 0 Å². The summed E-state index contributed by atoms with van der Waals surface area (Å²) < 4.78 is 16.9. The van der Waals surface area contributed by atoms with Crippen molar-refractivity contribution >= 4 is 7.60 Å². The molecule has 0 aromatic carbocycles. The van der Waals surface area contributed by atoms with E-state index in [9.17, 15) is 9.46 Å². The quantitative estimate of drug-likeness (QED) is 0.628. The highest BCUT2D eigenvalue weighted by atomic mass is 31.2. The molecule has 0 saturated heterocycles. The molecule has 0 aliphatic heterocycles. The molecule has 1 N–H and O–H groups in total. The van der Waals surface area contributed by atoms with Crippen LogP contribution in [0, 0.1) is 11.8 Å². The Labute approximate surface area is 100 Å². The van der Waals surface area contributed by atoms with E-state index in [1.165, 1.54) is 12.8 Å². The Bertz CT molecular complexity index is 216. The number of hydrogen-bond donors (Lipinski definition) is 1. The van der Waals surface area contributed by atoms with Gasteiger partial charge in [0.05, 0.1) is 12.8 Å². The van der Waals surface area contributed by atoms with Gasteiger partial charge in [0.25, 0.3) is 0 Å². The van der Waals surface area contributed by atoms with Gasteiger partial charge in [-0.2, -0.15) is 0 Å². The molecular formula is C12H27O3P. The van der Waals surface area contributed by atoms with Gasteiger partial charge in [0.2, 0.25) is 0 Å². The van der Waals surface area contributed by atoms with Crippen molar-refractivity contribution in [2.45, 2.75) is 53.4 Å². The van der Waals surface area contributed by atoms with E-state index in [4.69, 9.17) is 4.52 Å². The zero-order chi connectivity index (χ0) is 12.6. The van der Waals surface area contributed by atoms with E-state index in [2.05, 4.69) is 13.8 Å². The summed E-state index contributed by atoms with van der Waals surface area (Å²) >= 11 is 0. The molecule has 0 spiro atoms. The molecule has 2 unspecified atom stereocenters. The molecular weight excluding hydrogens is 223 g/mol. The first-order valence-corrected chi connectivity index (χ1v) is 8.13. The van der Waals surface area contributed by atoms with Gasteiger partial charge in [-0.25, -0.2) is 0 Å². The first-order valence-electron chi connectivity index (χ1n) is 6.37. The SMILES string of the molecule is CCCCC(CC)COP(=O)(O)CC(C)C. The Kier molecular flexibility index (Phi) is 8.35. The van der Waals surface area contributed by atoms with E-state index in [1.807, 2.05) is 13.8 Å². The van der Waals surface area contributed by atoms with Gasteiger partial charge < -0.3 is 9.42 Å². The zero-order valence-electron chi connectivity index (χ0n) is 11.1. The second-order valence-electron chi connectivity index (χ2n) is 4.93. The lowest BCUT2D eigenvalue weighted by molar-refractivity contribution is 0.202. The molecule has 0 rings (SSSR count). The minimum atomic E-state index is -3.35. The summed E-state index contributed by atoms with van der Waals surface area (Å²) in [5, 5.41) is 0. The van der Waals surface area contributed by atoms with Gasteiger partial charge in [-0.15, -0.1) is 0 Å². The topological polar surface area (TPSA) is 46.5 Å². The van der Waals surface area contributed by atoms with Crippen LogP contribution in [0.25, 0.3) is 0 Å². The number of unbranched alkanes of at least 4 members (excludes halogenated alkanes) is 1. The Hall–Kier alpha value is 0.150. The summed E-state index contributed by atoms with van der Waals surface area (Å²) in [5.41, 5.74) is 0. The van der Waals surface area contributed by atoms with Crippen molar-refractivity contribution in [2.24, 2.45) is 11.8 Å². The molecule has 98 valence electrons. The van der Waals surface area contributed by atoms with Gasteiger partial charge in [-0.1, -0.05) is 47.0 Å². The largest absolute Gasteiger partial charge is 0.328 e. The smallest absolute Gasteiger partial charge is 0.324 e. The third-order valence-electron chi connectivity index (χ3n) is 2.65. The number of hydrogen-bond acceptors (Lipinski definition) is 2. The van der Waals surface area contributed by atoms with Crippen LogP contribution in [-0.2, 0) is 9.09 Å². The lowest BCUT2D eigenvalue weighted by Crippen LogP contribution is -2.10. The van der Waals surface area contributed by atoms with Crippen LogP contribution in [0.15, 0.2) is 0 Å². The molecule has 2 atom stereocenters.